The van der Waals surface area contributed by atoms with Crippen LogP contribution in [0.15, 0.2) is 53.4 Å². The molecule has 24 heavy (non-hydrogen) atoms. The molecule has 2 aliphatic heterocycles. The van der Waals surface area contributed by atoms with E-state index in [1.807, 2.05) is 12.1 Å². The van der Waals surface area contributed by atoms with Crippen molar-refractivity contribution in [1.29, 1.82) is 0 Å². The third-order valence-corrected chi connectivity index (χ3v) is 6.94. The summed E-state index contributed by atoms with van der Waals surface area (Å²) in [6.45, 7) is 4.07. The third kappa shape index (κ3) is 2.43. The van der Waals surface area contributed by atoms with Gasteiger partial charge < -0.3 is 9.64 Å². The van der Waals surface area contributed by atoms with Crippen molar-refractivity contribution < 1.29 is 13.2 Å². The van der Waals surface area contributed by atoms with Gasteiger partial charge in [-0.3, -0.25) is 0 Å². The van der Waals surface area contributed by atoms with Gasteiger partial charge in [-0.1, -0.05) is 31.2 Å². The molecule has 0 aliphatic carbocycles. The molecular formula is C19H21NO3S. The van der Waals surface area contributed by atoms with Crippen molar-refractivity contribution in [2.75, 3.05) is 23.7 Å². The Morgan fingerprint density at radius 3 is 2.62 bits per heavy atom. The highest BCUT2D eigenvalue weighted by Crippen LogP contribution is 2.44. The fraction of sp³-hybridized carbons (Fsp3) is 0.368. The second kappa shape index (κ2) is 5.60. The van der Waals surface area contributed by atoms with Crippen LogP contribution in [-0.4, -0.2) is 27.3 Å². The summed E-state index contributed by atoms with van der Waals surface area (Å²) in [7, 11) is -3.14. The van der Waals surface area contributed by atoms with Crippen LogP contribution in [0.25, 0.3) is 0 Å². The molecule has 0 aromatic heterocycles. The molecule has 0 bridgehead atoms. The van der Waals surface area contributed by atoms with E-state index in [0.29, 0.717) is 11.5 Å². The number of hydrogen-bond donors (Lipinski definition) is 0. The molecule has 0 saturated carbocycles. The van der Waals surface area contributed by atoms with E-state index >= 15 is 0 Å². The zero-order chi connectivity index (χ0) is 16.8. The van der Waals surface area contributed by atoms with E-state index in [1.165, 1.54) is 11.1 Å². The van der Waals surface area contributed by atoms with Crippen molar-refractivity contribution >= 4 is 15.5 Å². The molecule has 2 heterocycles. The van der Waals surface area contributed by atoms with Crippen LogP contribution in [0, 0.1) is 0 Å². The number of benzene rings is 2. The monoisotopic (exact) mass is 343 g/mol. The molecular weight excluding hydrogens is 322 g/mol. The second-order valence-corrected chi connectivity index (χ2v) is 8.79. The van der Waals surface area contributed by atoms with Crippen LogP contribution in [0.1, 0.15) is 24.5 Å². The van der Waals surface area contributed by atoms with Crippen LogP contribution in [0.4, 0.5) is 5.69 Å². The van der Waals surface area contributed by atoms with E-state index in [1.54, 1.807) is 19.1 Å². The Bertz CT molecular complexity index is 860. The largest absolute Gasteiger partial charge is 0.368 e. The molecule has 2 aliphatic rings. The lowest BCUT2D eigenvalue weighted by atomic mass is 9.92. The van der Waals surface area contributed by atoms with Gasteiger partial charge in [-0.2, -0.15) is 0 Å². The highest BCUT2D eigenvalue weighted by molar-refractivity contribution is 7.91. The van der Waals surface area contributed by atoms with Crippen LogP contribution in [0.2, 0.25) is 0 Å². The van der Waals surface area contributed by atoms with Crippen LogP contribution in [-0.2, 0) is 26.8 Å². The molecule has 4 rings (SSSR count). The summed E-state index contributed by atoms with van der Waals surface area (Å²) in [5.74, 6) is 0.129. The zero-order valence-electron chi connectivity index (χ0n) is 13.7. The lowest BCUT2D eigenvalue weighted by Gasteiger charge is -2.25. The molecule has 5 heteroatoms. The number of hydrogen-bond acceptors (Lipinski definition) is 4. The number of sulfone groups is 1. The summed E-state index contributed by atoms with van der Waals surface area (Å²) in [6, 6.07) is 15.7. The van der Waals surface area contributed by atoms with Crippen molar-refractivity contribution in [2.45, 2.75) is 30.4 Å². The molecule has 2 aromatic carbocycles. The smallest absolute Gasteiger partial charge is 0.178 e. The van der Waals surface area contributed by atoms with Gasteiger partial charge in [0.25, 0.3) is 0 Å². The average molecular weight is 343 g/mol. The third-order valence-electron chi connectivity index (χ3n) is 5.19. The fourth-order valence-electron chi connectivity index (χ4n) is 3.76. The Balaban J connectivity index is 1.58. The predicted molar refractivity (Wildman–Crippen MR) is 93.9 cm³/mol. The van der Waals surface area contributed by atoms with Crippen molar-refractivity contribution in [3.63, 3.8) is 0 Å². The molecule has 126 valence electrons. The van der Waals surface area contributed by atoms with Gasteiger partial charge in [0, 0.05) is 12.2 Å². The molecule has 1 spiro atoms. The van der Waals surface area contributed by atoms with Crippen LogP contribution in [0.5, 0.6) is 0 Å². The van der Waals surface area contributed by atoms with Crippen molar-refractivity contribution in [3.8, 4) is 0 Å². The van der Waals surface area contributed by atoms with Gasteiger partial charge in [0.1, 0.15) is 5.60 Å². The Morgan fingerprint density at radius 1 is 1.12 bits per heavy atom. The summed E-state index contributed by atoms with van der Waals surface area (Å²) in [5.41, 5.74) is 3.42. The summed E-state index contributed by atoms with van der Waals surface area (Å²) in [4.78, 5) is 2.68. The summed E-state index contributed by atoms with van der Waals surface area (Å²) < 4.78 is 30.1. The van der Waals surface area contributed by atoms with E-state index in [-0.39, 0.29) is 11.4 Å². The van der Waals surface area contributed by atoms with E-state index in [4.69, 9.17) is 4.74 Å². The van der Waals surface area contributed by atoms with Crippen LogP contribution < -0.4 is 4.90 Å². The van der Waals surface area contributed by atoms with Gasteiger partial charge in [0.05, 0.1) is 23.8 Å². The molecule has 0 N–H and O–H groups in total. The molecule has 4 nitrogen and oxygen atoms in total. The first-order valence-electron chi connectivity index (χ1n) is 8.34. The first-order chi connectivity index (χ1) is 11.5. The lowest BCUT2D eigenvalue weighted by Crippen LogP contribution is -2.30. The van der Waals surface area contributed by atoms with Gasteiger partial charge in [-0.25, -0.2) is 8.42 Å². The van der Waals surface area contributed by atoms with Crippen molar-refractivity contribution in [1.82, 2.24) is 0 Å². The summed E-state index contributed by atoms with van der Waals surface area (Å²) >= 11 is 0. The number of anilines is 1. The molecule has 1 saturated heterocycles. The summed E-state index contributed by atoms with van der Waals surface area (Å²) in [6.07, 6.45) is 0.957. The number of nitrogens with zero attached hydrogens (tertiary/aromatic N) is 1. The van der Waals surface area contributed by atoms with Crippen LogP contribution >= 0.6 is 0 Å². The first kappa shape index (κ1) is 15.7. The Kier molecular flexibility index (Phi) is 3.66. The Labute approximate surface area is 143 Å². The van der Waals surface area contributed by atoms with E-state index < -0.39 is 9.84 Å². The molecule has 2 aromatic rings. The quantitative estimate of drug-likeness (QED) is 0.859. The topological polar surface area (TPSA) is 46.6 Å². The lowest BCUT2D eigenvalue weighted by molar-refractivity contribution is -0.0205. The number of rotatable bonds is 3. The molecule has 0 amide bonds. The minimum atomic E-state index is -3.14. The molecule has 1 fully saturated rings. The molecule has 1 atom stereocenters. The number of ether oxygens (including phenoxy) is 1. The highest BCUT2D eigenvalue weighted by Gasteiger charge is 2.45. The van der Waals surface area contributed by atoms with Gasteiger partial charge in [0.15, 0.2) is 9.84 Å². The highest BCUT2D eigenvalue weighted by atomic mass is 32.2. The minimum absolute atomic E-state index is 0.129. The Morgan fingerprint density at radius 2 is 1.88 bits per heavy atom. The predicted octanol–water partition coefficient (Wildman–Crippen LogP) is 3.12. The minimum Gasteiger partial charge on any atom is -0.368 e. The SMILES string of the molecule is CCS(=O)(=O)c1ccc(N2CC[C@@]3(C2)OCc2ccccc23)cc1. The second-order valence-electron chi connectivity index (χ2n) is 6.51. The fourth-order valence-corrected chi connectivity index (χ4v) is 4.64. The first-order valence-corrected chi connectivity index (χ1v) is 9.99. The van der Waals surface area contributed by atoms with Gasteiger partial charge in [0.2, 0.25) is 0 Å². The van der Waals surface area contributed by atoms with Gasteiger partial charge in [-0.15, -0.1) is 0 Å². The summed E-state index contributed by atoms with van der Waals surface area (Å²) in [5, 5.41) is 0. The van der Waals surface area contributed by atoms with Crippen molar-refractivity contribution in [3.05, 3.63) is 59.7 Å². The molecule has 0 radical (unpaired) electrons. The van der Waals surface area contributed by atoms with Crippen LogP contribution in [0.3, 0.4) is 0 Å². The van der Waals surface area contributed by atoms with Gasteiger partial charge >= 0.3 is 0 Å². The van der Waals surface area contributed by atoms with E-state index in [2.05, 4.69) is 29.2 Å². The molecule has 0 unspecified atom stereocenters. The zero-order valence-corrected chi connectivity index (χ0v) is 14.6. The van der Waals surface area contributed by atoms with E-state index in [0.717, 1.165) is 25.2 Å². The average Bonchev–Trinajstić information content (AvgIpc) is 3.21. The standard InChI is InChI=1S/C19H21NO3S/c1-2-24(21,22)17-9-7-16(8-10-17)20-12-11-19(14-20)18-6-4-3-5-15(18)13-23-19/h3-10H,2,11-14H2,1H3/t19-/m0/s1. The maximum atomic E-state index is 11.9. The normalized spacial score (nSPS) is 23.0. The van der Waals surface area contributed by atoms with E-state index in [9.17, 15) is 8.42 Å². The van der Waals surface area contributed by atoms with Gasteiger partial charge in [-0.05, 0) is 41.8 Å². The maximum absolute atomic E-state index is 11.9. The maximum Gasteiger partial charge on any atom is 0.178 e. The van der Waals surface area contributed by atoms with Crippen molar-refractivity contribution in [2.24, 2.45) is 0 Å². The number of fused-ring (bicyclic) bond motifs is 2. The Hall–Kier alpha value is -1.85.